The first-order valence-corrected chi connectivity index (χ1v) is 13.1. The molecule has 3 atom stereocenters. The van der Waals surface area contributed by atoms with Crippen molar-refractivity contribution in [3.05, 3.63) is 76.7 Å². The minimum atomic E-state index is -4.02. The van der Waals surface area contributed by atoms with E-state index in [1.807, 2.05) is 37.3 Å². The van der Waals surface area contributed by atoms with Crippen LogP contribution in [0, 0.1) is 6.92 Å². The maximum atomic E-state index is 13.4. The van der Waals surface area contributed by atoms with Gasteiger partial charge in [-0.3, -0.25) is 4.18 Å². The van der Waals surface area contributed by atoms with Crippen LogP contribution in [0.15, 0.2) is 70.5 Å². The third-order valence-electron chi connectivity index (χ3n) is 4.81. The van der Waals surface area contributed by atoms with Crippen LogP contribution in [0.2, 0.25) is 0 Å². The summed E-state index contributed by atoms with van der Waals surface area (Å²) >= 11 is 0. The summed E-state index contributed by atoms with van der Waals surface area (Å²) in [6, 6.07) is 15.7. The summed E-state index contributed by atoms with van der Waals surface area (Å²) in [4.78, 5) is -0.0867. The van der Waals surface area contributed by atoms with Crippen LogP contribution in [0.25, 0.3) is 0 Å². The highest BCUT2D eigenvalue weighted by molar-refractivity contribution is 7.95. The number of ether oxygens (including phenoxy) is 3. The molecule has 2 aromatic rings. The maximum Gasteiger partial charge on any atom is 0.264 e. The first kappa shape index (κ1) is 24.6. The number of hydrogen-bond donors (Lipinski definition) is 0. The number of benzene rings is 2. The fourth-order valence-corrected chi connectivity index (χ4v) is 5.08. The summed E-state index contributed by atoms with van der Waals surface area (Å²) in [6.45, 7) is 1.54. The Morgan fingerprint density at radius 1 is 0.969 bits per heavy atom. The normalized spacial score (nSPS) is 21.8. The van der Waals surface area contributed by atoms with Gasteiger partial charge in [0.1, 0.15) is 12.2 Å². The van der Waals surface area contributed by atoms with E-state index in [0.717, 1.165) is 17.4 Å². The molecule has 0 saturated carbocycles. The van der Waals surface area contributed by atoms with Gasteiger partial charge in [-0.25, -0.2) is 8.42 Å². The Hall–Kier alpha value is -2.08. The molecule has 0 aliphatic carbocycles. The number of hydrogen-bond acceptors (Lipinski definition) is 8. The van der Waals surface area contributed by atoms with Gasteiger partial charge in [-0.15, -0.1) is 0 Å². The average Bonchev–Trinajstić information content (AvgIpc) is 2.76. The molecule has 0 saturated heterocycles. The zero-order valence-corrected chi connectivity index (χ0v) is 19.6. The predicted octanol–water partition coefficient (Wildman–Crippen LogP) is 2.59. The van der Waals surface area contributed by atoms with Gasteiger partial charge in [0.25, 0.3) is 10.1 Å². The van der Waals surface area contributed by atoms with Gasteiger partial charge in [0.15, 0.2) is 6.29 Å². The van der Waals surface area contributed by atoms with Crippen molar-refractivity contribution in [3.8, 4) is 0 Å². The number of aryl methyl sites for hydroxylation is 1. The van der Waals surface area contributed by atoms with Crippen molar-refractivity contribution in [3.63, 3.8) is 0 Å². The lowest BCUT2D eigenvalue weighted by atomic mass is 10.2. The minimum Gasteiger partial charge on any atom is -0.364 e. The zero-order valence-electron chi connectivity index (χ0n) is 18.0. The van der Waals surface area contributed by atoms with Gasteiger partial charge in [0.05, 0.1) is 29.3 Å². The molecule has 1 aliphatic heterocycles. The van der Waals surface area contributed by atoms with Crippen LogP contribution in [0.1, 0.15) is 11.1 Å². The molecule has 1 heterocycles. The molecule has 0 spiro atoms. The molecule has 0 aromatic heterocycles. The molecule has 174 valence electrons. The quantitative estimate of drug-likeness (QED) is 0.502. The highest BCUT2D eigenvalue weighted by Crippen LogP contribution is 2.31. The summed E-state index contributed by atoms with van der Waals surface area (Å²) < 4.78 is 71.7. The van der Waals surface area contributed by atoms with E-state index < -0.39 is 45.1 Å². The molecular formula is C22H26O8S2. The second kappa shape index (κ2) is 10.2. The monoisotopic (exact) mass is 482 g/mol. The summed E-state index contributed by atoms with van der Waals surface area (Å²) in [6.07, 6.45) is -0.703. The molecule has 8 nitrogen and oxygen atoms in total. The van der Waals surface area contributed by atoms with E-state index in [0.29, 0.717) is 0 Å². The molecule has 0 fully saturated rings. The van der Waals surface area contributed by atoms with Crippen molar-refractivity contribution < 1.29 is 35.2 Å². The predicted molar refractivity (Wildman–Crippen MR) is 118 cm³/mol. The van der Waals surface area contributed by atoms with Crippen LogP contribution in [-0.4, -0.2) is 55.3 Å². The van der Waals surface area contributed by atoms with Crippen molar-refractivity contribution in [1.29, 1.82) is 0 Å². The molecule has 0 radical (unpaired) electrons. The van der Waals surface area contributed by atoms with Crippen molar-refractivity contribution in [2.24, 2.45) is 0 Å². The Balaban J connectivity index is 1.96. The minimum absolute atomic E-state index is 0.0555. The third-order valence-corrected chi connectivity index (χ3v) is 7.28. The Labute approximate surface area is 188 Å². The lowest BCUT2D eigenvalue weighted by molar-refractivity contribution is -0.209. The fraction of sp³-hybridized carbons (Fsp3) is 0.364. The molecule has 0 N–H and O–H groups in total. The van der Waals surface area contributed by atoms with Crippen LogP contribution in [0.3, 0.4) is 0 Å². The molecule has 0 bridgehead atoms. The molecule has 0 amide bonds. The average molecular weight is 483 g/mol. The molecule has 10 heteroatoms. The van der Waals surface area contributed by atoms with Crippen molar-refractivity contribution in [2.75, 3.05) is 20.0 Å². The van der Waals surface area contributed by atoms with Crippen molar-refractivity contribution >= 4 is 20.0 Å². The van der Waals surface area contributed by atoms with Crippen molar-refractivity contribution in [2.45, 2.75) is 36.9 Å². The van der Waals surface area contributed by atoms with Crippen LogP contribution in [0.5, 0.6) is 0 Å². The van der Waals surface area contributed by atoms with Crippen LogP contribution in [-0.2, 0) is 45.0 Å². The molecule has 1 aliphatic rings. The first-order chi connectivity index (χ1) is 15.1. The molecule has 3 rings (SSSR count). The van der Waals surface area contributed by atoms with Gasteiger partial charge in [-0.2, -0.15) is 8.42 Å². The van der Waals surface area contributed by atoms with E-state index in [-0.39, 0.29) is 16.4 Å². The zero-order chi connectivity index (χ0) is 23.4. The van der Waals surface area contributed by atoms with Gasteiger partial charge in [-0.1, -0.05) is 48.0 Å². The van der Waals surface area contributed by atoms with E-state index in [1.165, 1.54) is 25.3 Å². The topological polar surface area (TPSA) is 105 Å². The standard InChI is InChI=1S/C22H26O8S2/c1-16-9-11-18(12-10-16)32(25,26)21-13-19(28-14-17-7-5-4-6-8-17)22(27-2)30-20(21)15-29-31(3,23)24/h4-13,19-20,22H,14-15H2,1-3H3/t19-,20-,22+/m1/s1. The molecule has 2 aromatic carbocycles. The van der Waals surface area contributed by atoms with Gasteiger partial charge in [0.2, 0.25) is 9.84 Å². The summed E-state index contributed by atoms with van der Waals surface area (Å²) in [5, 5.41) is 0. The molecular weight excluding hydrogens is 456 g/mol. The number of methoxy groups -OCH3 is 1. The van der Waals surface area contributed by atoms with E-state index in [4.69, 9.17) is 18.4 Å². The number of sulfone groups is 1. The Morgan fingerprint density at radius 2 is 1.62 bits per heavy atom. The highest BCUT2D eigenvalue weighted by atomic mass is 32.2. The van der Waals surface area contributed by atoms with E-state index in [9.17, 15) is 16.8 Å². The van der Waals surface area contributed by atoms with E-state index >= 15 is 0 Å². The lowest BCUT2D eigenvalue weighted by Gasteiger charge is -2.34. The second-order valence-electron chi connectivity index (χ2n) is 7.36. The van der Waals surface area contributed by atoms with Gasteiger partial charge in [0, 0.05) is 7.11 Å². The van der Waals surface area contributed by atoms with Gasteiger partial charge in [-0.05, 0) is 30.7 Å². The van der Waals surface area contributed by atoms with E-state index in [2.05, 4.69) is 0 Å². The van der Waals surface area contributed by atoms with Crippen LogP contribution < -0.4 is 0 Å². The second-order valence-corrected chi connectivity index (χ2v) is 11.0. The van der Waals surface area contributed by atoms with E-state index in [1.54, 1.807) is 12.1 Å². The van der Waals surface area contributed by atoms with Crippen LogP contribution in [0.4, 0.5) is 0 Å². The third kappa shape index (κ3) is 6.25. The highest BCUT2D eigenvalue weighted by Gasteiger charge is 2.39. The first-order valence-electron chi connectivity index (χ1n) is 9.82. The van der Waals surface area contributed by atoms with Gasteiger partial charge >= 0.3 is 0 Å². The Bertz CT molecular complexity index is 1140. The Kier molecular flexibility index (Phi) is 7.86. The smallest absolute Gasteiger partial charge is 0.264 e. The lowest BCUT2D eigenvalue weighted by Crippen LogP contribution is -2.44. The SMILES string of the molecule is CO[C@H]1O[C@H](COS(C)(=O)=O)C(S(=O)(=O)c2ccc(C)cc2)=C[C@H]1OCc1ccccc1. The summed E-state index contributed by atoms with van der Waals surface area (Å²) in [5.41, 5.74) is 1.79. The maximum absolute atomic E-state index is 13.4. The summed E-state index contributed by atoms with van der Waals surface area (Å²) in [5.74, 6) is 0. The summed E-state index contributed by atoms with van der Waals surface area (Å²) in [7, 11) is -6.44. The fourth-order valence-electron chi connectivity index (χ4n) is 3.16. The van der Waals surface area contributed by atoms with Crippen LogP contribution >= 0.6 is 0 Å². The van der Waals surface area contributed by atoms with Crippen molar-refractivity contribution in [1.82, 2.24) is 0 Å². The van der Waals surface area contributed by atoms with Gasteiger partial charge < -0.3 is 14.2 Å². The number of rotatable bonds is 9. The molecule has 0 unspecified atom stereocenters. The Morgan fingerprint density at radius 3 is 2.22 bits per heavy atom. The largest absolute Gasteiger partial charge is 0.364 e. The molecule has 32 heavy (non-hydrogen) atoms.